The van der Waals surface area contributed by atoms with Crippen LogP contribution in [-0.2, 0) is 18.9 Å². The molecule has 0 aromatic rings. The van der Waals surface area contributed by atoms with Gasteiger partial charge in [0.1, 0.15) is 42.7 Å². The first kappa shape index (κ1) is 42.8. The van der Waals surface area contributed by atoms with E-state index in [1.807, 2.05) is 20.8 Å². The summed E-state index contributed by atoms with van der Waals surface area (Å²) in [7, 11) is 0. The zero-order valence-corrected chi connectivity index (χ0v) is 33.5. The van der Waals surface area contributed by atoms with Crippen molar-refractivity contribution < 1.29 is 64.9 Å². The third kappa shape index (κ3) is 6.96. The van der Waals surface area contributed by atoms with Gasteiger partial charge in [-0.05, 0) is 117 Å². The van der Waals surface area contributed by atoms with E-state index in [1.54, 1.807) is 0 Å². The minimum Gasteiger partial charge on any atom is -0.393 e. The lowest BCUT2D eigenvalue weighted by Crippen LogP contribution is -2.71. The van der Waals surface area contributed by atoms with Crippen LogP contribution in [0.3, 0.4) is 0 Å². The van der Waals surface area contributed by atoms with Gasteiger partial charge >= 0.3 is 0 Å². The maximum absolute atomic E-state index is 12.2. The molecule has 0 amide bonds. The lowest BCUT2D eigenvalue weighted by atomic mass is 9.34. The molecular formula is C41H70O13. The van der Waals surface area contributed by atoms with Gasteiger partial charge in [-0.1, -0.05) is 46.3 Å². The molecule has 6 aliphatic rings. The Bertz CT molecular complexity index is 1350. The highest BCUT2D eigenvalue weighted by molar-refractivity contribution is 5.22. The first-order valence-corrected chi connectivity index (χ1v) is 20.4. The maximum Gasteiger partial charge on any atom is 0.186 e. The van der Waals surface area contributed by atoms with E-state index in [2.05, 4.69) is 40.7 Å². The van der Waals surface area contributed by atoms with Gasteiger partial charge in [-0.25, -0.2) is 0 Å². The van der Waals surface area contributed by atoms with Crippen molar-refractivity contribution in [1.29, 1.82) is 0 Å². The second-order valence-corrected chi connectivity index (χ2v) is 19.9. The summed E-state index contributed by atoms with van der Waals surface area (Å²) in [6.45, 7) is 16.3. The van der Waals surface area contributed by atoms with Crippen LogP contribution >= 0.6 is 0 Å². The molecule has 0 spiro atoms. The fraction of sp³-hybridized carbons (Fsp3) is 0.951. The number of allylic oxidation sites excluding steroid dienone is 2. The highest BCUT2D eigenvalue weighted by Crippen LogP contribution is 2.76. The summed E-state index contributed by atoms with van der Waals surface area (Å²) in [5.41, 5.74) is -1.58. The minimum atomic E-state index is -1.67. The summed E-state index contributed by atoms with van der Waals surface area (Å²) >= 11 is 0. The topological polar surface area (TPSA) is 219 Å². The van der Waals surface area contributed by atoms with Crippen LogP contribution in [0.1, 0.15) is 107 Å². The molecule has 9 N–H and O–H groups in total. The number of aliphatic hydroxyl groups is 9. The molecule has 6 fully saturated rings. The molecule has 2 heterocycles. The van der Waals surface area contributed by atoms with Crippen LogP contribution in [0.4, 0.5) is 0 Å². The lowest BCUT2D eigenvalue weighted by molar-refractivity contribution is -0.353. The average Bonchev–Trinajstić information content (AvgIpc) is 3.47. The standard InChI is InChI=1S/C41H70O13/c1-20(2)10-9-13-41(8,50)21-11-15-39(6)28(21)22(42)16-26-38(5)14-12-27(44)37(3,4)34(38)24(17-40(26,39)7)53-36-33(49)31(47)30(46)25(54-36)19-52-35-32(48)29(45)23(43)18-51-35/h10,21-36,42-50H,9,11-19H2,1-8H3. The van der Waals surface area contributed by atoms with Crippen LogP contribution < -0.4 is 0 Å². The summed E-state index contributed by atoms with van der Waals surface area (Å²) < 4.78 is 24.1. The third-order valence-electron chi connectivity index (χ3n) is 16.1. The molecule has 13 nitrogen and oxygen atoms in total. The molecular weight excluding hydrogens is 700 g/mol. The largest absolute Gasteiger partial charge is 0.393 e. The van der Waals surface area contributed by atoms with E-state index < -0.39 is 102 Å². The third-order valence-corrected chi connectivity index (χ3v) is 16.1. The minimum absolute atomic E-state index is 0.0637. The zero-order chi connectivity index (χ0) is 39.9. The Morgan fingerprint density at radius 1 is 0.815 bits per heavy atom. The Morgan fingerprint density at radius 3 is 2.15 bits per heavy atom. The number of hydrogen-bond donors (Lipinski definition) is 9. The molecule has 0 aromatic carbocycles. The van der Waals surface area contributed by atoms with Gasteiger partial charge in [0.2, 0.25) is 0 Å². The monoisotopic (exact) mass is 770 g/mol. The van der Waals surface area contributed by atoms with Crippen molar-refractivity contribution in [1.82, 2.24) is 0 Å². The highest BCUT2D eigenvalue weighted by atomic mass is 16.7. The smallest absolute Gasteiger partial charge is 0.186 e. The predicted molar refractivity (Wildman–Crippen MR) is 196 cm³/mol. The molecule has 6 rings (SSSR count). The van der Waals surface area contributed by atoms with Gasteiger partial charge < -0.3 is 64.9 Å². The SMILES string of the molecule is CC(C)=CCCC(C)(O)C1CCC2(C)C1C(O)CC1C3(C)CCC(O)C(C)(C)C3C(OC3OC(COC4OCC(O)C(O)C4O)C(O)C(O)C3O)CC12C. The zero-order valence-electron chi connectivity index (χ0n) is 33.5. The second-order valence-electron chi connectivity index (χ2n) is 19.9. The molecule has 0 radical (unpaired) electrons. The van der Waals surface area contributed by atoms with Crippen molar-refractivity contribution in [3.8, 4) is 0 Å². The second kappa shape index (κ2) is 15.1. The first-order valence-electron chi connectivity index (χ1n) is 20.4. The number of ether oxygens (including phenoxy) is 4. The molecule has 20 atom stereocenters. The maximum atomic E-state index is 12.2. The van der Waals surface area contributed by atoms with Crippen LogP contribution in [0.25, 0.3) is 0 Å². The first-order chi connectivity index (χ1) is 25.0. The molecule has 2 aliphatic heterocycles. The van der Waals surface area contributed by atoms with Gasteiger partial charge in [0, 0.05) is 0 Å². The summed E-state index contributed by atoms with van der Waals surface area (Å²) in [6.07, 6.45) is -7.50. The van der Waals surface area contributed by atoms with Crippen molar-refractivity contribution in [3.63, 3.8) is 0 Å². The molecule has 4 aliphatic carbocycles. The fourth-order valence-corrected chi connectivity index (χ4v) is 13.0. The lowest BCUT2D eigenvalue weighted by Gasteiger charge is -2.72. The van der Waals surface area contributed by atoms with E-state index in [-0.39, 0.29) is 35.7 Å². The molecule has 0 aromatic heterocycles. The van der Waals surface area contributed by atoms with Gasteiger partial charge in [0.05, 0.1) is 37.1 Å². The van der Waals surface area contributed by atoms with Crippen molar-refractivity contribution in [2.45, 2.75) is 186 Å². The van der Waals surface area contributed by atoms with E-state index in [4.69, 9.17) is 18.9 Å². The summed E-state index contributed by atoms with van der Waals surface area (Å²) in [5.74, 6) is -0.437. The van der Waals surface area contributed by atoms with Crippen LogP contribution in [0.2, 0.25) is 0 Å². The quantitative estimate of drug-likeness (QED) is 0.121. The van der Waals surface area contributed by atoms with Crippen molar-refractivity contribution in [2.24, 2.45) is 45.3 Å². The molecule has 2 saturated heterocycles. The number of fused-ring (bicyclic) bond motifs is 5. The predicted octanol–water partition coefficient (Wildman–Crippen LogP) is 1.76. The van der Waals surface area contributed by atoms with E-state index >= 15 is 0 Å². The number of hydrogen-bond acceptors (Lipinski definition) is 13. The van der Waals surface area contributed by atoms with Crippen LogP contribution in [0.5, 0.6) is 0 Å². The number of rotatable bonds is 9. The van der Waals surface area contributed by atoms with Crippen molar-refractivity contribution in [2.75, 3.05) is 13.2 Å². The fourth-order valence-electron chi connectivity index (χ4n) is 13.0. The van der Waals surface area contributed by atoms with Crippen molar-refractivity contribution >= 4 is 0 Å². The molecule has 312 valence electrons. The van der Waals surface area contributed by atoms with Gasteiger partial charge in [0.25, 0.3) is 0 Å². The Balaban J connectivity index is 1.30. The van der Waals surface area contributed by atoms with E-state index in [0.29, 0.717) is 32.1 Å². The average molecular weight is 771 g/mol. The summed E-state index contributed by atoms with van der Waals surface area (Å²) in [6, 6.07) is 0. The molecule has 20 unspecified atom stereocenters. The summed E-state index contributed by atoms with van der Waals surface area (Å²) in [4.78, 5) is 0. The Kier molecular flexibility index (Phi) is 12.0. The van der Waals surface area contributed by atoms with Crippen LogP contribution in [0, 0.1) is 45.3 Å². The van der Waals surface area contributed by atoms with Gasteiger partial charge in [-0.3, -0.25) is 0 Å². The normalized spacial score (nSPS) is 52.8. The van der Waals surface area contributed by atoms with Gasteiger partial charge in [0.15, 0.2) is 12.6 Å². The Labute approximate surface area is 320 Å². The Morgan fingerprint density at radius 2 is 1.48 bits per heavy atom. The van der Waals surface area contributed by atoms with Gasteiger partial charge in [-0.2, -0.15) is 0 Å². The van der Waals surface area contributed by atoms with Crippen molar-refractivity contribution in [3.05, 3.63) is 11.6 Å². The van der Waals surface area contributed by atoms with Gasteiger partial charge in [-0.15, -0.1) is 0 Å². The van der Waals surface area contributed by atoms with Crippen LogP contribution in [-0.4, -0.2) is 138 Å². The number of aliphatic hydroxyl groups excluding tert-OH is 8. The molecule has 54 heavy (non-hydrogen) atoms. The van der Waals surface area contributed by atoms with E-state index in [1.165, 1.54) is 5.57 Å². The van der Waals surface area contributed by atoms with Crippen LogP contribution in [0.15, 0.2) is 11.6 Å². The van der Waals surface area contributed by atoms with E-state index in [0.717, 1.165) is 19.3 Å². The summed E-state index contributed by atoms with van der Waals surface area (Å²) in [5, 5.41) is 99.4. The molecule has 4 saturated carbocycles. The van der Waals surface area contributed by atoms with E-state index in [9.17, 15) is 46.0 Å². The molecule has 13 heteroatoms. The highest BCUT2D eigenvalue weighted by Gasteiger charge is 2.73. The Hall–Kier alpha value is -0.780. The molecule has 0 bridgehead atoms.